The number of carbonyl (C=O) groups is 1. The average Bonchev–Trinajstić information content (AvgIpc) is 3.29. The second-order valence-electron chi connectivity index (χ2n) is 5.62. The summed E-state index contributed by atoms with van der Waals surface area (Å²) in [5.41, 5.74) is 1.82. The zero-order chi connectivity index (χ0) is 18.8. The first-order valence-electron chi connectivity index (χ1n) is 7.86. The Kier molecular flexibility index (Phi) is 5.36. The van der Waals surface area contributed by atoms with Gasteiger partial charge in [0.1, 0.15) is 11.2 Å². The number of hydrogen-bond donors (Lipinski definition) is 2. The Balaban J connectivity index is 1.45. The van der Waals surface area contributed by atoms with Crippen molar-refractivity contribution in [2.75, 3.05) is 5.32 Å². The number of hydrogen-bond acceptors (Lipinski definition) is 5. The number of aromatic nitrogens is 3. The van der Waals surface area contributed by atoms with Gasteiger partial charge in [-0.05, 0) is 29.8 Å². The quantitative estimate of drug-likeness (QED) is 0.385. The average molecular weight is 435 g/mol. The largest absolute Gasteiger partial charge is 0.321 e. The van der Waals surface area contributed by atoms with Crippen molar-refractivity contribution in [1.82, 2.24) is 15.2 Å². The van der Waals surface area contributed by atoms with E-state index in [1.54, 1.807) is 17.8 Å². The van der Waals surface area contributed by atoms with Crippen molar-refractivity contribution in [1.29, 1.82) is 0 Å². The van der Waals surface area contributed by atoms with Crippen molar-refractivity contribution in [3.05, 3.63) is 69.3 Å². The molecule has 0 spiro atoms. The highest BCUT2D eigenvalue weighted by Gasteiger charge is 2.17. The second kappa shape index (κ2) is 7.90. The van der Waals surface area contributed by atoms with Crippen LogP contribution >= 0.6 is 46.3 Å². The normalized spacial score (nSPS) is 11.0. The van der Waals surface area contributed by atoms with Gasteiger partial charge >= 0.3 is 0 Å². The number of nitrogens with one attached hydrogen (secondary N) is 2. The molecule has 4 aromatic rings. The maximum atomic E-state index is 12.6. The molecule has 2 N–H and O–H groups in total. The highest BCUT2D eigenvalue weighted by atomic mass is 35.5. The van der Waals surface area contributed by atoms with Crippen LogP contribution < -0.4 is 5.32 Å². The maximum Gasteiger partial charge on any atom is 0.267 e. The molecule has 0 saturated carbocycles. The van der Waals surface area contributed by atoms with Crippen molar-refractivity contribution >= 4 is 68.0 Å². The third-order valence-corrected chi connectivity index (χ3v) is 6.62. The summed E-state index contributed by atoms with van der Waals surface area (Å²) in [5.74, 6) is 0.521. The number of H-pyrrole nitrogens is 1. The zero-order valence-corrected chi connectivity index (χ0v) is 16.8. The van der Waals surface area contributed by atoms with E-state index in [2.05, 4.69) is 20.5 Å². The number of fused-ring (bicyclic) bond motifs is 1. The van der Waals surface area contributed by atoms with E-state index in [9.17, 15) is 4.79 Å². The Bertz CT molecular complexity index is 1090. The number of halogens is 2. The fourth-order valence-corrected chi connectivity index (χ4v) is 4.90. The van der Waals surface area contributed by atoms with Crippen molar-refractivity contribution < 1.29 is 4.79 Å². The lowest BCUT2D eigenvalue weighted by Crippen LogP contribution is -2.10. The molecular formula is C18H12Cl2N4OS2. The number of anilines is 1. The van der Waals surface area contributed by atoms with Crippen LogP contribution in [0.1, 0.15) is 15.2 Å². The highest BCUT2D eigenvalue weighted by molar-refractivity contribution is 7.98. The van der Waals surface area contributed by atoms with Crippen LogP contribution in [0.5, 0.6) is 0 Å². The monoisotopic (exact) mass is 434 g/mol. The minimum atomic E-state index is -0.235. The summed E-state index contributed by atoms with van der Waals surface area (Å²) in [6.07, 6.45) is 1.48. The molecule has 0 unspecified atom stereocenters. The minimum Gasteiger partial charge on any atom is -0.321 e. The molecule has 136 valence electrons. The van der Waals surface area contributed by atoms with Crippen molar-refractivity contribution in [2.24, 2.45) is 0 Å². The van der Waals surface area contributed by atoms with Gasteiger partial charge in [0.15, 0.2) is 5.16 Å². The minimum absolute atomic E-state index is 0.235. The third-order valence-electron chi connectivity index (χ3n) is 3.78. The molecule has 0 fully saturated rings. The van der Waals surface area contributed by atoms with Crippen LogP contribution in [-0.4, -0.2) is 21.1 Å². The van der Waals surface area contributed by atoms with Crippen LogP contribution in [0.2, 0.25) is 10.0 Å². The first-order valence-corrected chi connectivity index (χ1v) is 10.4. The van der Waals surface area contributed by atoms with Gasteiger partial charge in [-0.3, -0.25) is 9.89 Å². The van der Waals surface area contributed by atoms with Gasteiger partial charge in [-0.1, -0.05) is 53.2 Å². The van der Waals surface area contributed by atoms with E-state index in [0.29, 0.717) is 20.6 Å². The summed E-state index contributed by atoms with van der Waals surface area (Å²) < 4.78 is 0.887. The molecule has 0 bridgehead atoms. The molecule has 0 saturated heterocycles. The van der Waals surface area contributed by atoms with Crippen molar-refractivity contribution in [3.8, 4) is 0 Å². The standard InChI is InChI=1S/C18H12Cl2N4OS2/c19-11-3-6-13-14(7-11)27-16(15(13)20)17(25)23-12-4-1-10(2-5-12)8-26-18-21-9-22-24-18/h1-7,9H,8H2,(H,23,25)(H,21,22,24). The fourth-order valence-electron chi connectivity index (χ4n) is 2.47. The molecule has 0 aliphatic rings. The number of amides is 1. The van der Waals surface area contributed by atoms with E-state index in [1.807, 2.05) is 36.4 Å². The predicted molar refractivity (Wildman–Crippen MR) is 112 cm³/mol. The van der Waals surface area contributed by atoms with E-state index in [4.69, 9.17) is 23.2 Å². The molecule has 4 rings (SSSR count). The van der Waals surface area contributed by atoms with Gasteiger partial charge in [-0.25, -0.2) is 4.98 Å². The molecule has 2 heterocycles. The van der Waals surface area contributed by atoms with Crippen LogP contribution in [-0.2, 0) is 5.75 Å². The van der Waals surface area contributed by atoms with Gasteiger partial charge in [0.05, 0.1) is 5.02 Å². The molecule has 0 aliphatic carbocycles. The summed E-state index contributed by atoms with van der Waals surface area (Å²) in [6.45, 7) is 0. The van der Waals surface area contributed by atoms with Gasteiger partial charge in [0.25, 0.3) is 5.91 Å². The molecule has 0 aliphatic heterocycles. The molecule has 2 aromatic carbocycles. The van der Waals surface area contributed by atoms with Crippen LogP contribution in [0.4, 0.5) is 5.69 Å². The number of rotatable bonds is 5. The van der Waals surface area contributed by atoms with Crippen molar-refractivity contribution in [3.63, 3.8) is 0 Å². The number of thioether (sulfide) groups is 1. The number of nitrogens with zero attached hydrogens (tertiary/aromatic N) is 2. The van der Waals surface area contributed by atoms with Crippen LogP contribution in [0.3, 0.4) is 0 Å². The van der Waals surface area contributed by atoms with Gasteiger partial charge in [-0.15, -0.1) is 11.3 Å². The number of benzene rings is 2. The summed E-state index contributed by atoms with van der Waals surface area (Å²) in [5, 5.41) is 12.2. The Morgan fingerprint density at radius 2 is 2.00 bits per heavy atom. The van der Waals surface area contributed by atoms with E-state index >= 15 is 0 Å². The van der Waals surface area contributed by atoms with E-state index in [0.717, 1.165) is 26.6 Å². The van der Waals surface area contributed by atoms with Crippen LogP contribution in [0.25, 0.3) is 10.1 Å². The number of carbonyl (C=O) groups excluding carboxylic acids is 1. The molecule has 1 amide bonds. The lowest BCUT2D eigenvalue weighted by atomic mass is 10.2. The summed E-state index contributed by atoms with van der Waals surface area (Å²) in [4.78, 5) is 17.2. The van der Waals surface area contributed by atoms with Crippen molar-refractivity contribution in [2.45, 2.75) is 10.9 Å². The van der Waals surface area contributed by atoms with Gasteiger partial charge < -0.3 is 5.32 Å². The third kappa shape index (κ3) is 4.11. The first kappa shape index (κ1) is 18.3. The van der Waals surface area contributed by atoms with Gasteiger partial charge in [0.2, 0.25) is 0 Å². The zero-order valence-electron chi connectivity index (χ0n) is 13.7. The Morgan fingerprint density at radius 1 is 1.19 bits per heavy atom. The smallest absolute Gasteiger partial charge is 0.267 e. The lowest BCUT2D eigenvalue weighted by Gasteiger charge is -2.05. The highest BCUT2D eigenvalue weighted by Crippen LogP contribution is 2.37. The van der Waals surface area contributed by atoms with E-state index < -0.39 is 0 Å². The molecule has 5 nitrogen and oxygen atoms in total. The summed E-state index contributed by atoms with van der Waals surface area (Å²) in [7, 11) is 0. The SMILES string of the molecule is O=C(Nc1ccc(CSc2ncn[nH]2)cc1)c1sc2cc(Cl)ccc2c1Cl. The molecular weight excluding hydrogens is 423 g/mol. The topological polar surface area (TPSA) is 70.7 Å². The molecule has 27 heavy (non-hydrogen) atoms. The van der Waals surface area contributed by atoms with Gasteiger partial charge in [0, 0.05) is 26.5 Å². The molecule has 0 radical (unpaired) electrons. The van der Waals surface area contributed by atoms with E-state index in [-0.39, 0.29) is 5.91 Å². The summed E-state index contributed by atoms with van der Waals surface area (Å²) >= 11 is 15.3. The Hall–Kier alpha value is -2.06. The van der Waals surface area contributed by atoms with Crippen LogP contribution in [0.15, 0.2) is 53.9 Å². The molecule has 2 aromatic heterocycles. The number of aromatic amines is 1. The predicted octanol–water partition coefficient (Wildman–Crippen LogP) is 5.87. The molecule has 9 heteroatoms. The lowest BCUT2D eigenvalue weighted by molar-refractivity contribution is 0.103. The fraction of sp³-hybridized carbons (Fsp3) is 0.0556. The molecule has 0 atom stereocenters. The van der Waals surface area contributed by atoms with E-state index in [1.165, 1.54) is 17.7 Å². The maximum absolute atomic E-state index is 12.6. The number of thiophene rings is 1. The second-order valence-corrected chi connectivity index (χ2v) is 8.45. The van der Waals surface area contributed by atoms with Gasteiger partial charge in [-0.2, -0.15) is 5.10 Å². The van der Waals surface area contributed by atoms with Crippen LogP contribution in [0, 0.1) is 0 Å². The Morgan fingerprint density at radius 3 is 2.74 bits per heavy atom. The Labute approximate surface area is 173 Å². The summed E-state index contributed by atoms with van der Waals surface area (Å²) in [6, 6.07) is 13.1. The first-order chi connectivity index (χ1) is 13.1.